The molecule has 0 amide bonds. The maximum atomic E-state index is 10.9. The van der Waals surface area contributed by atoms with Gasteiger partial charge in [0.05, 0.1) is 0 Å². The van der Waals surface area contributed by atoms with Crippen LogP contribution in [0.25, 0.3) is 0 Å². The topological polar surface area (TPSA) is 40.5 Å². The fourth-order valence-electron chi connectivity index (χ4n) is 4.81. The molecule has 1 aromatic rings. The standard InChI is InChI=1S/C22H33NO2/c1-3-17-13-18(4-2)15-20(14-17)23-11-9-22(10-12-23)7-5-19(6-8-22)16-21(24)25/h13-15,19H,3-12,16H2,1-2H3,(H,24,25). The molecule has 3 nitrogen and oxygen atoms in total. The van der Waals surface area contributed by atoms with E-state index < -0.39 is 5.97 Å². The molecule has 25 heavy (non-hydrogen) atoms. The first kappa shape index (κ1) is 18.3. The summed E-state index contributed by atoms with van der Waals surface area (Å²) in [4.78, 5) is 13.5. The average Bonchev–Trinajstić information content (AvgIpc) is 2.63. The number of rotatable bonds is 5. The highest BCUT2D eigenvalue weighted by Crippen LogP contribution is 2.47. The summed E-state index contributed by atoms with van der Waals surface area (Å²) in [6, 6.07) is 7.10. The minimum absolute atomic E-state index is 0.367. The number of hydrogen-bond donors (Lipinski definition) is 1. The van der Waals surface area contributed by atoms with E-state index in [4.69, 9.17) is 5.11 Å². The summed E-state index contributed by atoms with van der Waals surface area (Å²) >= 11 is 0. The van der Waals surface area contributed by atoms with Gasteiger partial charge in [0.2, 0.25) is 0 Å². The number of hydrogen-bond acceptors (Lipinski definition) is 2. The lowest BCUT2D eigenvalue weighted by molar-refractivity contribution is -0.138. The van der Waals surface area contributed by atoms with Crippen LogP contribution in [0.1, 0.15) is 69.9 Å². The molecule has 1 saturated heterocycles. The third-order valence-electron chi connectivity index (χ3n) is 6.67. The van der Waals surface area contributed by atoms with Crippen molar-refractivity contribution in [1.29, 1.82) is 0 Å². The van der Waals surface area contributed by atoms with Gasteiger partial charge in [0.15, 0.2) is 0 Å². The summed E-state index contributed by atoms with van der Waals surface area (Å²) in [6.45, 7) is 6.78. The molecule has 1 aromatic carbocycles. The fourth-order valence-corrected chi connectivity index (χ4v) is 4.81. The number of benzene rings is 1. The van der Waals surface area contributed by atoms with Crippen molar-refractivity contribution in [1.82, 2.24) is 0 Å². The van der Waals surface area contributed by atoms with Crippen molar-refractivity contribution in [3.8, 4) is 0 Å². The molecule has 0 radical (unpaired) electrons. The van der Waals surface area contributed by atoms with Gasteiger partial charge in [0, 0.05) is 25.2 Å². The van der Waals surface area contributed by atoms with Crippen LogP contribution in [0.2, 0.25) is 0 Å². The van der Waals surface area contributed by atoms with E-state index in [9.17, 15) is 4.79 Å². The SMILES string of the molecule is CCc1cc(CC)cc(N2CCC3(CCC(CC(=O)O)CC3)CC2)c1. The minimum atomic E-state index is -0.627. The molecule has 0 aromatic heterocycles. The Bertz CT molecular complexity index is 570. The largest absolute Gasteiger partial charge is 0.481 e. The van der Waals surface area contributed by atoms with Crippen LogP contribution in [0.5, 0.6) is 0 Å². The predicted octanol–water partition coefficient (Wildman–Crippen LogP) is 5.06. The van der Waals surface area contributed by atoms with Crippen LogP contribution in [0.4, 0.5) is 5.69 Å². The first-order valence-electron chi connectivity index (χ1n) is 10.1. The molecular formula is C22H33NO2. The molecule has 3 heteroatoms. The molecule has 1 saturated carbocycles. The van der Waals surface area contributed by atoms with E-state index in [-0.39, 0.29) is 0 Å². The van der Waals surface area contributed by atoms with Crippen LogP contribution >= 0.6 is 0 Å². The monoisotopic (exact) mass is 343 g/mol. The van der Waals surface area contributed by atoms with Crippen LogP contribution in [0, 0.1) is 11.3 Å². The lowest BCUT2D eigenvalue weighted by atomic mass is 9.65. The normalized spacial score (nSPS) is 20.8. The summed E-state index contributed by atoms with van der Waals surface area (Å²) in [5.74, 6) is -0.215. The van der Waals surface area contributed by atoms with Crippen molar-refractivity contribution in [3.63, 3.8) is 0 Å². The van der Waals surface area contributed by atoms with Crippen molar-refractivity contribution in [2.24, 2.45) is 11.3 Å². The molecule has 2 fully saturated rings. The smallest absolute Gasteiger partial charge is 0.303 e. The highest BCUT2D eigenvalue weighted by molar-refractivity contribution is 5.67. The second-order valence-corrected chi connectivity index (χ2v) is 8.24. The van der Waals surface area contributed by atoms with Gasteiger partial charge in [-0.25, -0.2) is 0 Å². The second-order valence-electron chi connectivity index (χ2n) is 8.24. The van der Waals surface area contributed by atoms with Gasteiger partial charge in [-0.2, -0.15) is 0 Å². The molecule has 0 bridgehead atoms. The lowest BCUT2D eigenvalue weighted by Crippen LogP contribution is -2.42. The maximum absolute atomic E-state index is 10.9. The maximum Gasteiger partial charge on any atom is 0.303 e. The molecule has 1 aliphatic carbocycles. The van der Waals surface area contributed by atoms with Crippen molar-refractivity contribution in [2.45, 2.75) is 71.6 Å². The zero-order valence-corrected chi connectivity index (χ0v) is 15.9. The van der Waals surface area contributed by atoms with Gasteiger partial charge in [-0.05, 0) is 86.0 Å². The number of carboxylic acids is 1. The molecule has 1 aliphatic heterocycles. The number of piperidine rings is 1. The Morgan fingerprint density at radius 1 is 1.04 bits per heavy atom. The van der Waals surface area contributed by atoms with Gasteiger partial charge in [-0.1, -0.05) is 19.9 Å². The predicted molar refractivity (Wildman–Crippen MR) is 103 cm³/mol. The number of carboxylic acid groups (broad SMARTS) is 1. The third kappa shape index (κ3) is 4.37. The Morgan fingerprint density at radius 3 is 2.08 bits per heavy atom. The van der Waals surface area contributed by atoms with E-state index in [1.54, 1.807) is 0 Å². The minimum Gasteiger partial charge on any atom is -0.481 e. The summed E-state index contributed by atoms with van der Waals surface area (Å²) in [6.07, 6.45) is 9.78. The van der Waals surface area contributed by atoms with Crippen LogP contribution < -0.4 is 4.90 Å². The Morgan fingerprint density at radius 2 is 1.60 bits per heavy atom. The van der Waals surface area contributed by atoms with Gasteiger partial charge >= 0.3 is 5.97 Å². The third-order valence-corrected chi connectivity index (χ3v) is 6.67. The van der Waals surface area contributed by atoms with E-state index in [1.807, 2.05) is 0 Å². The van der Waals surface area contributed by atoms with E-state index in [0.717, 1.165) is 38.8 Å². The molecule has 1 heterocycles. The lowest BCUT2D eigenvalue weighted by Gasteiger charge is -2.46. The summed E-state index contributed by atoms with van der Waals surface area (Å²) in [5.41, 5.74) is 4.79. The fraction of sp³-hybridized carbons (Fsp3) is 0.682. The van der Waals surface area contributed by atoms with Crippen molar-refractivity contribution in [2.75, 3.05) is 18.0 Å². The number of aliphatic carboxylic acids is 1. The molecule has 1 N–H and O–H groups in total. The van der Waals surface area contributed by atoms with Gasteiger partial charge in [0.1, 0.15) is 0 Å². The van der Waals surface area contributed by atoms with Gasteiger partial charge in [-0.3, -0.25) is 4.79 Å². The number of nitrogens with zero attached hydrogens (tertiary/aromatic N) is 1. The molecule has 1 spiro atoms. The number of carbonyl (C=O) groups is 1. The highest BCUT2D eigenvalue weighted by Gasteiger charge is 2.38. The van der Waals surface area contributed by atoms with Crippen molar-refractivity contribution >= 4 is 11.7 Å². The highest BCUT2D eigenvalue weighted by atomic mass is 16.4. The van der Waals surface area contributed by atoms with E-state index in [1.165, 1.54) is 42.5 Å². The Labute approximate surface area is 152 Å². The number of anilines is 1. The molecule has 2 aliphatic rings. The average molecular weight is 344 g/mol. The molecule has 138 valence electrons. The van der Waals surface area contributed by atoms with E-state index >= 15 is 0 Å². The first-order valence-corrected chi connectivity index (χ1v) is 10.1. The molecule has 0 atom stereocenters. The summed E-state index contributed by atoms with van der Waals surface area (Å²) in [7, 11) is 0. The van der Waals surface area contributed by atoms with Gasteiger partial charge in [0.25, 0.3) is 0 Å². The zero-order valence-electron chi connectivity index (χ0n) is 15.9. The number of aryl methyl sites for hydroxylation is 2. The van der Waals surface area contributed by atoms with E-state index in [0.29, 0.717) is 17.8 Å². The zero-order chi connectivity index (χ0) is 17.9. The van der Waals surface area contributed by atoms with Crippen molar-refractivity contribution in [3.05, 3.63) is 29.3 Å². The van der Waals surface area contributed by atoms with Crippen LogP contribution in [-0.4, -0.2) is 24.2 Å². The Kier molecular flexibility index (Phi) is 5.71. The van der Waals surface area contributed by atoms with Gasteiger partial charge < -0.3 is 10.0 Å². The molecule has 0 unspecified atom stereocenters. The van der Waals surface area contributed by atoms with Crippen molar-refractivity contribution < 1.29 is 9.90 Å². The van der Waals surface area contributed by atoms with Gasteiger partial charge in [-0.15, -0.1) is 0 Å². The Balaban J connectivity index is 1.60. The second kappa shape index (κ2) is 7.80. The summed E-state index contributed by atoms with van der Waals surface area (Å²) < 4.78 is 0. The van der Waals surface area contributed by atoms with E-state index in [2.05, 4.69) is 36.9 Å². The van der Waals surface area contributed by atoms with Crippen LogP contribution in [0.3, 0.4) is 0 Å². The Hall–Kier alpha value is -1.51. The quantitative estimate of drug-likeness (QED) is 0.812. The van der Waals surface area contributed by atoms with Crippen LogP contribution in [0.15, 0.2) is 18.2 Å². The molecule has 3 rings (SSSR count). The first-order chi connectivity index (χ1) is 12.0. The summed E-state index contributed by atoms with van der Waals surface area (Å²) in [5, 5.41) is 9.01. The van der Waals surface area contributed by atoms with Crippen LogP contribution in [-0.2, 0) is 17.6 Å². The molecular weight excluding hydrogens is 310 g/mol.